The van der Waals surface area contributed by atoms with E-state index >= 15 is 0 Å². The minimum absolute atomic E-state index is 0.242. The van der Waals surface area contributed by atoms with Crippen molar-refractivity contribution < 1.29 is 18.0 Å². The predicted molar refractivity (Wildman–Crippen MR) is 108 cm³/mol. The summed E-state index contributed by atoms with van der Waals surface area (Å²) >= 11 is 0. The molecule has 1 heterocycles. The molecule has 0 aliphatic carbocycles. The molecule has 1 aromatic heterocycles. The van der Waals surface area contributed by atoms with Crippen LogP contribution in [0.15, 0.2) is 58.1 Å². The molecule has 0 aliphatic heterocycles. The lowest BCUT2D eigenvalue weighted by Crippen LogP contribution is -2.43. The van der Waals surface area contributed by atoms with Gasteiger partial charge in [-0.1, -0.05) is 31.2 Å². The van der Waals surface area contributed by atoms with Crippen LogP contribution in [0, 0.1) is 0 Å². The Kier molecular flexibility index (Phi) is 5.82. The van der Waals surface area contributed by atoms with Gasteiger partial charge in [0.1, 0.15) is 6.54 Å². The van der Waals surface area contributed by atoms with E-state index in [2.05, 4.69) is 5.32 Å². The SMILES string of the molecule is CC[C@@H](C)n1c(=O)c2ccccc2n(CC(=O)Nc2ccccc2C(F)(F)F)c1=O. The summed E-state index contributed by atoms with van der Waals surface area (Å²) in [6.45, 7) is 2.99. The van der Waals surface area contributed by atoms with E-state index in [4.69, 9.17) is 0 Å². The van der Waals surface area contributed by atoms with Gasteiger partial charge in [0.15, 0.2) is 0 Å². The molecule has 3 rings (SSSR count). The van der Waals surface area contributed by atoms with Crippen LogP contribution >= 0.6 is 0 Å². The van der Waals surface area contributed by atoms with Gasteiger partial charge in [0.2, 0.25) is 5.91 Å². The highest BCUT2D eigenvalue weighted by molar-refractivity contribution is 5.92. The van der Waals surface area contributed by atoms with E-state index in [1.807, 2.05) is 6.92 Å². The molecule has 0 bridgehead atoms. The zero-order chi connectivity index (χ0) is 22.1. The summed E-state index contributed by atoms with van der Waals surface area (Å²) in [6.07, 6.45) is -4.13. The van der Waals surface area contributed by atoms with Crippen LogP contribution < -0.4 is 16.6 Å². The van der Waals surface area contributed by atoms with Crippen LogP contribution in [0.3, 0.4) is 0 Å². The molecular weight excluding hydrogens is 399 g/mol. The van der Waals surface area contributed by atoms with E-state index in [1.165, 1.54) is 18.2 Å². The highest BCUT2D eigenvalue weighted by atomic mass is 19.4. The number of alkyl halides is 3. The first-order chi connectivity index (χ1) is 14.1. The maximum Gasteiger partial charge on any atom is 0.418 e. The van der Waals surface area contributed by atoms with Crippen LogP contribution in [0.5, 0.6) is 0 Å². The number of para-hydroxylation sites is 2. The molecule has 1 N–H and O–H groups in total. The van der Waals surface area contributed by atoms with Crippen molar-refractivity contribution in [3.8, 4) is 0 Å². The molecule has 30 heavy (non-hydrogen) atoms. The number of nitrogens with zero attached hydrogens (tertiary/aromatic N) is 2. The van der Waals surface area contributed by atoms with Gasteiger partial charge < -0.3 is 5.32 Å². The first-order valence-electron chi connectivity index (χ1n) is 9.35. The second kappa shape index (κ2) is 8.17. The third kappa shape index (κ3) is 4.00. The van der Waals surface area contributed by atoms with Crippen molar-refractivity contribution >= 4 is 22.5 Å². The first kappa shape index (κ1) is 21.4. The minimum atomic E-state index is -4.64. The second-order valence-corrected chi connectivity index (χ2v) is 6.91. The lowest BCUT2D eigenvalue weighted by Gasteiger charge is -2.18. The van der Waals surface area contributed by atoms with Crippen molar-refractivity contribution in [3.05, 3.63) is 74.9 Å². The largest absolute Gasteiger partial charge is 0.418 e. The molecule has 0 fully saturated rings. The number of halogens is 3. The number of aromatic nitrogens is 2. The van der Waals surface area contributed by atoms with Gasteiger partial charge in [-0.05, 0) is 37.6 Å². The molecule has 0 saturated heterocycles. The Hall–Kier alpha value is -3.36. The smallest absolute Gasteiger partial charge is 0.324 e. The Morgan fingerprint density at radius 3 is 2.37 bits per heavy atom. The molecule has 0 saturated carbocycles. The van der Waals surface area contributed by atoms with E-state index in [9.17, 15) is 27.6 Å². The van der Waals surface area contributed by atoms with Crippen LogP contribution in [0.1, 0.15) is 31.9 Å². The molecule has 1 atom stereocenters. The molecule has 0 radical (unpaired) electrons. The zero-order valence-electron chi connectivity index (χ0n) is 16.4. The van der Waals surface area contributed by atoms with Crippen molar-refractivity contribution in [1.82, 2.24) is 9.13 Å². The fourth-order valence-corrected chi connectivity index (χ4v) is 3.24. The predicted octanol–water partition coefficient (Wildman–Crippen LogP) is 3.79. The number of benzene rings is 2. The summed E-state index contributed by atoms with van der Waals surface area (Å²) in [5.41, 5.74) is -2.30. The third-order valence-corrected chi connectivity index (χ3v) is 4.92. The van der Waals surface area contributed by atoms with Crippen molar-refractivity contribution in [3.63, 3.8) is 0 Å². The lowest BCUT2D eigenvalue weighted by atomic mass is 10.1. The number of fused-ring (bicyclic) bond motifs is 1. The Bertz CT molecular complexity index is 1210. The van der Waals surface area contributed by atoms with Crippen molar-refractivity contribution in [2.45, 2.75) is 39.0 Å². The van der Waals surface area contributed by atoms with Crippen LogP contribution in [0.2, 0.25) is 0 Å². The normalized spacial score (nSPS) is 12.7. The van der Waals surface area contributed by atoms with Crippen LogP contribution in [0.4, 0.5) is 18.9 Å². The van der Waals surface area contributed by atoms with E-state index in [0.717, 1.165) is 21.3 Å². The summed E-state index contributed by atoms with van der Waals surface area (Å²) < 4.78 is 41.7. The molecule has 1 amide bonds. The molecule has 158 valence electrons. The maximum atomic E-state index is 13.2. The number of hydrogen-bond acceptors (Lipinski definition) is 3. The highest BCUT2D eigenvalue weighted by Gasteiger charge is 2.33. The van der Waals surface area contributed by atoms with Gasteiger partial charge >= 0.3 is 11.9 Å². The zero-order valence-corrected chi connectivity index (χ0v) is 16.4. The maximum absolute atomic E-state index is 13.2. The Balaban J connectivity index is 2.06. The summed E-state index contributed by atoms with van der Waals surface area (Å²) in [5, 5.41) is 2.48. The monoisotopic (exact) mass is 419 g/mol. The third-order valence-electron chi connectivity index (χ3n) is 4.92. The number of rotatable bonds is 5. The number of carbonyl (C=O) groups excluding carboxylic acids is 1. The topological polar surface area (TPSA) is 73.1 Å². The molecule has 0 unspecified atom stereocenters. The minimum Gasteiger partial charge on any atom is -0.324 e. The average molecular weight is 419 g/mol. The Labute approximate surface area is 169 Å². The standard InChI is InChI=1S/C21H20F3N3O3/c1-3-13(2)27-19(29)14-8-4-7-11-17(14)26(20(27)30)12-18(28)25-16-10-6-5-9-15(16)21(22,23)24/h4-11,13H,3,12H2,1-2H3,(H,25,28)/t13-/m1/s1. The van der Waals surface area contributed by atoms with Gasteiger partial charge in [0.25, 0.3) is 5.56 Å². The van der Waals surface area contributed by atoms with Crippen LogP contribution in [0.25, 0.3) is 10.9 Å². The molecule has 2 aromatic carbocycles. The van der Waals surface area contributed by atoms with Gasteiger partial charge in [-0.25, -0.2) is 4.79 Å². The average Bonchev–Trinajstić information content (AvgIpc) is 2.70. The van der Waals surface area contributed by atoms with E-state index in [0.29, 0.717) is 6.42 Å². The van der Waals surface area contributed by atoms with Gasteiger partial charge in [-0.3, -0.25) is 18.7 Å². The van der Waals surface area contributed by atoms with E-state index in [1.54, 1.807) is 25.1 Å². The van der Waals surface area contributed by atoms with Gasteiger partial charge in [0.05, 0.1) is 22.2 Å². The number of nitrogens with one attached hydrogen (secondary N) is 1. The van der Waals surface area contributed by atoms with Crippen LogP contribution in [-0.2, 0) is 17.5 Å². The second-order valence-electron chi connectivity index (χ2n) is 6.91. The molecule has 9 heteroatoms. The summed E-state index contributed by atoms with van der Waals surface area (Å²) in [7, 11) is 0. The molecule has 3 aromatic rings. The van der Waals surface area contributed by atoms with E-state index in [-0.39, 0.29) is 10.9 Å². The summed E-state index contributed by atoms with van der Waals surface area (Å²) in [5.74, 6) is -0.812. The lowest BCUT2D eigenvalue weighted by molar-refractivity contribution is -0.137. The molecule has 0 aliphatic rings. The Morgan fingerprint density at radius 1 is 1.07 bits per heavy atom. The van der Waals surface area contributed by atoms with Crippen LogP contribution in [-0.4, -0.2) is 15.0 Å². The van der Waals surface area contributed by atoms with E-state index < -0.39 is 47.2 Å². The van der Waals surface area contributed by atoms with Crippen molar-refractivity contribution in [2.24, 2.45) is 0 Å². The van der Waals surface area contributed by atoms with Gasteiger partial charge in [0, 0.05) is 6.04 Å². The molecule has 6 nitrogen and oxygen atoms in total. The fraction of sp³-hybridized carbons (Fsp3) is 0.286. The van der Waals surface area contributed by atoms with Gasteiger partial charge in [-0.15, -0.1) is 0 Å². The van der Waals surface area contributed by atoms with Crippen molar-refractivity contribution in [1.29, 1.82) is 0 Å². The quantitative estimate of drug-likeness (QED) is 0.684. The highest BCUT2D eigenvalue weighted by Crippen LogP contribution is 2.34. The summed E-state index contributed by atoms with van der Waals surface area (Å²) in [6, 6.07) is 10.5. The summed E-state index contributed by atoms with van der Waals surface area (Å²) in [4.78, 5) is 38.3. The number of amides is 1. The van der Waals surface area contributed by atoms with Gasteiger partial charge in [-0.2, -0.15) is 13.2 Å². The molecule has 0 spiro atoms. The van der Waals surface area contributed by atoms with Crippen molar-refractivity contribution in [2.75, 3.05) is 5.32 Å². The number of carbonyl (C=O) groups is 1. The first-order valence-corrected chi connectivity index (χ1v) is 9.35. The number of anilines is 1. The number of hydrogen-bond donors (Lipinski definition) is 1. The molecular formula is C21H20F3N3O3. The fourth-order valence-electron chi connectivity index (χ4n) is 3.24. The Morgan fingerprint density at radius 2 is 1.70 bits per heavy atom.